The maximum Gasteiger partial charge on any atom is 0.165 e. The van der Waals surface area contributed by atoms with Crippen molar-refractivity contribution < 1.29 is 13.5 Å². The summed E-state index contributed by atoms with van der Waals surface area (Å²) in [5.41, 5.74) is 4.23. The molecule has 0 bridgehead atoms. The number of nitrogens with one attached hydrogen (secondary N) is 1. The molecule has 3 N–H and O–H groups in total. The maximum absolute atomic E-state index is 13.4. The lowest BCUT2D eigenvalue weighted by Crippen LogP contribution is -2.29. The third kappa shape index (κ3) is 3.69. The fourth-order valence-electron chi connectivity index (χ4n) is 2.07. The Morgan fingerprint density at radius 2 is 1.90 bits per heavy atom. The molecule has 2 rings (SSSR count). The van der Waals surface area contributed by atoms with Gasteiger partial charge >= 0.3 is 0 Å². The number of hydrazine groups is 1. The van der Waals surface area contributed by atoms with Crippen LogP contribution in [0.3, 0.4) is 0 Å². The van der Waals surface area contributed by atoms with Crippen LogP contribution in [-0.4, -0.2) is 7.11 Å². The highest BCUT2D eigenvalue weighted by Crippen LogP contribution is 2.26. The van der Waals surface area contributed by atoms with Gasteiger partial charge in [-0.25, -0.2) is 8.78 Å². The second-order valence-electron chi connectivity index (χ2n) is 4.57. The average Bonchev–Trinajstić information content (AvgIpc) is 2.49. The van der Waals surface area contributed by atoms with Crippen molar-refractivity contribution in [3.8, 4) is 5.75 Å². The van der Waals surface area contributed by atoms with Gasteiger partial charge in [-0.3, -0.25) is 11.3 Å². The van der Waals surface area contributed by atoms with Crippen molar-refractivity contribution in [1.29, 1.82) is 0 Å². The minimum Gasteiger partial charge on any atom is -0.494 e. The summed E-state index contributed by atoms with van der Waals surface area (Å²) in [7, 11) is 1.40. The zero-order chi connectivity index (χ0) is 15.4. The summed E-state index contributed by atoms with van der Waals surface area (Å²) in [5.74, 6) is 4.79. The van der Waals surface area contributed by atoms with Crippen molar-refractivity contribution in [2.75, 3.05) is 7.11 Å². The summed E-state index contributed by atoms with van der Waals surface area (Å²) in [6.45, 7) is 0. The fourth-order valence-corrected chi connectivity index (χ4v) is 2.27. The number of rotatable bonds is 5. The third-order valence-electron chi connectivity index (χ3n) is 3.20. The molecule has 0 fully saturated rings. The zero-order valence-corrected chi connectivity index (χ0v) is 12.1. The highest BCUT2D eigenvalue weighted by atomic mass is 35.5. The zero-order valence-electron chi connectivity index (χ0n) is 11.4. The van der Waals surface area contributed by atoms with Gasteiger partial charge in [-0.05, 0) is 41.8 Å². The molecule has 0 aliphatic heterocycles. The first-order valence-electron chi connectivity index (χ1n) is 6.28. The van der Waals surface area contributed by atoms with Crippen LogP contribution in [0.2, 0.25) is 5.02 Å². The van der Waals surface area contributed by atoms with Gasteiger partial charge in [-0.1, -0.05) is 23.7 Å². The first-order valence-corrected chi connectivity index (χ1v) is 6.66. The fraction of sp³-hybridized carbons (Fsp3) is 0.200. The van der Waals surface area contributed by atoms with Crippen LogP contribution in [-0.2, 0) is 6.42 Å². The highest BCUT2D eigenvalue weighted by Gasteiger charge is 2.14. The molecule has 3 nitrogen and oxygen atoms in total. The van der Waals surface area contributed by atoms with Crippen molar-refractivity contribution in [3.05, 3.63) is 64.2 Å². The second kappa shape index (κ2) is 6.85. The predicted octanol–water partition coefficient (Wildman–Crippen LogP) is 3.37. The molecule has 0 aliphatic rings. The Hall–Kier alpha value is -1.69. The van der Waals surface area contributed by atoms with Crippen molar-refractivity contribution in [2.24, 2.45) is 5.84 Å². The van der Waals surface area contributed by atoms with Gasteiger partial charge in [0.2, 0.25) is 0 Å². The number of benzene rings is 2. The van der Waals surface area contributed by atoms with Crippen molar-refractivity contribution >= 4 is 11.6 Å². The maximum atomic E-state index is 13.4. The van der Waals surface area contributed by atoms with E-state index in [1.54, 1.807) is 24.3 Å². The molecule has 0 aliphatic carbocycles. The van der Waals surface area contributed by atoms with Gasteiger partial charge in [-0.15, -0.1) is 0 Å². The average molecular weight is 313 g/mol. The molecule has 0 radical (unpaired) electrons. The van der Waals surface area contributed by atoms with Gasteiger partial charge in [0.15, 0.2) is 11.6 Å². The monoisotopic (exact) mass is 312 g/mol. The number of hydrogen-bond donors (Lipinski definition) is 2. The Balaban J connectivity index is 2.25. The first-order chi connectivity index (χ1) is 10.0. The Bertz CT molecular complexity index is 637. The van der Waals surface area contributed by atoms with E-state index in [4.69, 9.17) is 22.2 Å². The standard InChI is InChI=1S/C15H15ClF2N2O/c1-21-15-8-10(3-5-13(15)18)14(20-19)7-9-2-4-12(17)11(16)6-9/h2-6,8,14,20H,7,19H2,1H3. The van der Waals surface area contributed by atoms with E-state index in [0.29, 0.717) is 6.42 Å². The van der Waals surface area contributed by atoms with Gasteiger partial charge in [0.25, 0.3) is 0 Å². The molecule has 1 atom stereocenters. The van der Waals surface area contributed by atoms with E-state index in [1.165, 1.54) is 19.2 Å². The van der Waals surface area contributed by atoms with Gasteiger partial charge < -0.3 is 4.74 Å². The lowest BCUT2D eigenvalue weighted by atomic mass is 9.99. The molecule has 0 aromatic heterocycles. The van der Waals surface area contributed by atoms with Crippen molar-refractivity contribution in [1.82, 2.24) is 5.43 Å². The SMILES string of the molecule is COc1cc(C(Cc2ccc(F)c(Cl)c2)NN)ccc1F. The smallest absolute Gasteiger partial charge is 0.165 e. The molecule has 1 unspecified atom stereocenters. The lowest BCUT2D eigenvalue weighted by Gasteiger charge is -2.17. The summed E-state index contributed by atoms with van der Waals surface area (Å²) in [4.78, 5) is 0. The van der Waals surface area contributed by atoms with Gasteiger partial charge in [0.1, 0.15) is 5.82 Å². The van der Waals surface area contributed by atoms with E-state index < -0.39 is 11.6 Å². The number of halogens is 3. The van der Waals surface area contributed by atoms with Crippen molar-refractivity contribution in [2.45, 2.75) is 12.5 Å². The molecule has 112 valence electrons. The van der Waals surface area contributed by atoms with Crippen LogP contribution >= 0.6 is 11.6 Å². The van der Waals surface area contributed by atoms with Crippen LogP contribution < -0.4 is 16.0 Å². The Labute approximate surface area is 126 Å². The molecule has 0 spiro atoms. The topological polar surface area (TPSA) is 47.3 Å². The minimum atomic E-state index is -0.471. The van der Waals surface area contributed by atoms with E-state index in [9.17, 15) is 8.78 Å². The Morgan fingerprint density at radius 3 is 2.52 bits per heavy atom. The minimum absolute atomic E-state index is 0.0555. The van der Waals surface area contributed by atoms with Crippen LogP contribution in [0.4, 0.5) is 8.78 Å². The predicted molar refractivity (Wildman–Crippen MR) is 78.1 cm³/mol. The Morgan fingerprint density at radius 1 is 1.19 bits per heavy atom. The summed E-state index contributed by atoms with van der Waals surface area (Å²) in [6.07, 6.45) is 0.477. The highest BCUT2D eigenvalue weighted by molar-refractivity contribution is 6.30. The van der Waals surface area contributed by atoms with E-state index in [0.717, 1.165) is 11.1 Å². The molecule has 0 saturated heterocycles. The number of methoxy groups -OCH3 is 1. The van der Waals surface area contributed by atoms with Crippen molar-refractivity contribution in [3.63, 3.8) is 0 Å². The van der Waals surface area contributed by atoms with Gasteiger partial charge in [0.05, 0.1) is 18.2 Å². The lowest BCUT2D eigenvalue weighted by molar-refractivity contribution is 0.384. The van der Waals surface area contributed by atoms with Gasteiger partial charge in [0, 0.05) is 0 Å². The summed E-state index contributed by atoms with van der Waals surface area (Å²) in [5, 5.41) is 0.0555. The van der Waals surface area contributed by atoms with Crippen LogP contribution in [0.1, 0.15) is 17.2 Å². The molecule has 21 heavy (non-hydrogen) atoms. The largest absolute Gasteiger partial charge is 0.494 e. The van der Waals surface area contributed by atoms with E-state index in [1.807, 2.05) is 0 Å². The number of hydrogen-bond acceptors (Lipinski definition) is 3. The third-order valence-corrected chi connectivity index (χ3v) is 3.49. The Kier molecular flexibility index (Phi) is 5.12. The molecule has 2 aromatic carbocycles. The second-order valence-corrected chi connectivity index (χ2v) is 4.97. The summed E-state index contributed by atoms with van der Waals surface area (Å²) < 4.78 is 31.5. The van der Waals surface area contributed by atoms with E-state index in [-0.39, 0.29) is 16.8 Å². The van der Waals surface area contributed by atoms with Crippen LogP contribution in [0.5, 0.6) is 5.75 Å². The molecule has 0 amide bonds. The van der Waals surface area contributed by atoms with Gasteiger partial charge in [-0.2, -0.15) is 0 Å². The van der Waals surface area contributed by atoms with Crippen LogP contribution in [0.15, 0.2) is 36.4 Å². The van der Waals surface area contributed by atoms with E-state index in [2.05, 4.69) is 5.43 Å². The normalized spacial score (nSPS) is 12.2. The molecule has 0 saturated carbocycles. The van der Waals surface area contributed by atoms with Crippen LogP contribution in [0.25, 0.3) is 0 Å². The van der Waals surface area contributed by atoms with E-state index >= 15 is 0 Å². The quantitative estimate of drug-likeness (QED) is 0.657. The number of ether oxygens (including phenoxy) is 1. The molecule has 2 aromatic rings. The summed E-state index contributed by atoms with van der Waals surface area (Å²) in [6, 6.07) is 8.71. The number of nitrogens with two attached hydrogens (primary N) is 1. The molecular weight excluding hydrogens is 298 g/mol. The molecular formula is C15H15ClF2N2O. The molecule has 0 heterocycles. The van der Waals surface area contributed by atoms with Crippen LogP contribution in [0, 0.1) is 11.6 Å². The summed E-state index contributed by atoms with van der Waals surface area (Å²) >= 11 is 5.76. The first kappa shape index (κ1) is 15.7. The molecule has 6 heteroatoms.